The Morgan fingerprint density at radius 1 is 1.50 bits per heavy atom. The Balaban J connectivity index is 2.63. The first-order valence-corrected chi connectivity index (χ1v) is 5.04. The Labute approximate surface area is 86.5 Å². The van der Waals surface area contributed by atoms with E-state index in [1.165, 1.54) is 5.56 Å². The monoisotopic (exact) mass is 247 g/mol. The van der Waals surface area contributed by atoms with E-state index < -0.39 is 0 Å². The van der Waals surface area contributed by atoms with Crippen LogP contribution in [0.3, 0.4) is 0 Å². The average molecular weight is 249 g/mol. The predicted molar refractivity (Wildman–Crippen MR) is 56.3 cm³/mol. The minimum Gasteiger partial charge on any atom is -0.289 e. The number of hydrogen-bond acceptors (Lipinski definition) is 1. The van der Waals surface area contributed by atoms with E-state index >= 15 is 0 Å². The van der Waals surface area contributed by atoms with Crippen molar-refractivity contribution in [3.63, 3.8) is 0 Å². The van der Waals surface area contributed by atoms with E-state index in [4.69, 9.17) is 11.6 Å². The number of rotatable bonds is 3. The summed E-state index contributed by atoms with van der Waals surface area (Å²) in [5.41, 5.74) is 1.27. The normalized spacial score (nSPS) is 10.7. The van der Waals surface area contributed by atoms with Gasteiger partial charge < -0.3 is 0 Å². The third-order valence-corrected chi connectivity index (χ3v) is 2.45. The van der Waals surface area contributed by atoms with Gasteiger partial charge in [-0.1, -0.05) is 28.1 Å². The molecule has 0 aliphatic heterocycles. The van der Waals surface area contributed by atoms with Crippen molar-refractivity contribution in [3.8, 4) is 0 Å². The van der Waals surface area contributed by atoms with E-state index in [9.17, 15) is 0 Å². The first kappa shape index (κ1) is 10.0. The lowest BCUT2D eigenvalue weighted by atomic mass is 10.2. The molecule has 0 fully saturated rings. The summed E-state index contributed by atoms with van der Waals surface area (Å²) in [5, 5.41) is 0. The van der Waals surface area contributed by atoms with E-state index in [1.807, 2.05) is 24.1 Å². The summed E-state index contributed by atoms with van der Waals surface area (Å²) in [6.07, 6.45) is 0. The molecule has 1 aromatic carbocycles. The van der Waals surface area contributed by atoms with Crippen LogP contribution in [0.25, 0.3) is 0 Å². The Morgan fingerprint density at radius 2 is 2.25 bits per heavy atom. The first-order valence-electron chi connectivity index (χ1n) is 3.71. The van der Waals surface area contributed by atoms with Crippen LogP contribution in [0, 0.1) is 0 Å². The van der Waals surface area contributed by atoms with Crippen LogP contribution in [0.4, 0.5) is 0 Å². The summed E-state index contributed by atoms with van der Waals surface area (Å²) in [5.74, 6) is 0. The second-order valence-corrected chi connectivity index (χ2v) is 3.92. The maximum absolute atomic E-state index is 5.66. The Bertz CT molecular complexity index is 252. The minimum atomic E-state index is 0.562. The summed E-state index contributed by atoms with van der Waals surface area (Å²) in [6.45, 7) is 0.892. The average Bonchev–Trinajstić information content (AvgIpc) is 2.04. The van der Waals surface area contributed by atoms with Gasteiger partial charge in [0, 0.05) is 11.0 Å². The number of benzene rings is 1. The minimum absolute atomic E-state index is 0.562. The maximum Gasteiger partial charge on any atom is 0.0738 e. The lowest BCUT2D eigenvalue weighted by Crippen LogP contribution is -2.15. The fraction of sp³-hybridized carbons (Fsp3) is 0.333. The van der Waals surface area contributed by atoms with Crippen molar-refractivity contribution in [1.82, 2.24) is 4.90 Å². The lowest BCUT2D eigenvalue weighted by Gasteiger charge is -2.12. The van der Waals surface area contributed by atoms with Gasteiger partial charge in [-0.25, -0.2) is 0 Å². The highest BCUT2D eigenvalue weighted by Gasteiger charge is 1.97. The second kappa shape index (κ2) is 4.85. The van der Waals surface area contributed by atoms with Gasteiger partial charge in [-0.3, -0.25) is 4.90 Å². The largest absolute Gasteiger partial charge is 0.289 e. The lowest BCUT2D eigenvalue weighted by molar-refractivity contribution is 0.382. The summed E-state index contributed by atoms with van der Waals surface area (Å²) in [4.78, 5) is 2.04. The van der Waals surface area contributed by atoms with Gasteiger partial charge in [-0.2, -0.15) is 0 Å². The molecule has 3 heteroatoms. The van der Waals surface area contributed by atoms with E-state index in [0.717, 1.165) is 11.0 Å². The molecule has 0 aliphatic carbocycles. The van der Waals surface area contributed by atoms with Gasteiger partial charge in [0.1, 0.15) is 0 Å². The maximum atomic E-state index is 5.66. The van der Waals surface area contributed by atoms with Crippen molar-refractivity contribution in [2.45, 2.75) is 6.54 Å². The molecule has 0 unspecified atom stereocenters. The van der Waals surface area contributed by atoms with E-state index in [-0.39, 0.29) is 0 Å². The topological polar surface area (TPSA) is 3.24 Å². The highest BCUT2D eigenvalue weighted by molar-refractivity contribution is 9.10. The zero-order valence-corrected chi connectivity index (χ0v) is 9.27. The summed E-state index contributed by atoms with van der Waals surface area (Å²) in [6, 6.07) is 8.80. The molecule has 0 aromatic heterocycles. The Kier molecular flexibility index (Phi) is 4.06. The summed E-state index contributed by atoms with van der Waals surface area (Å²) < 4.78 is 1.11. The van der Waals surface area contributed by atoms with Gasteiger partial charge in [0.05, 0.1) is 6.00 Å². The van der Waals surface area contributed by atoms with Crippen molar-refractivity contribution >= 4 is 27.5 Å². The molecule has 12 heavy (non-hydrogen) atoms. The van der Waals surface area contributed by atoms with Crippen LogP contribution in [-0.4, -0.2) is 18.0 Å². The number of alkyl halides is 1. The van der Waals surface area contributed by atoms with Crippen LogP contribution >= 0.6 is 27.5 Å². The number of hydrogen-bond donors (Lipinski definition) is 0. The van der Waals surface area contributed by atoms with Crippen molar-refractivity contribution in [2.75, 3.05) is 13.1 Å². The van der Waals surface area contributed by atoms with Crippen LogP contribution in [0.1, 0.15) is 5.56 Å². The van der Waals surface area contributed by atoms with E-state index in [0.29, 0.717) is 6.00 Å². The fourth-order valence-corrected chi connectivity index (χ4v) is 1.52. The van der Waals surface area contributed by atoms with Gasteiger partial charge in [0.15, 0.2) is 0 Å². The Hall–Kier alpha value is -0.0500. The Morgan fingerprint density at radius 3 is 2.83 bits per heavy atom. The highest BCUT2D eigenvalue weighted by Crippen LogP contribution is 2.12. The smallest absolute Gasteiger partial charge is 0.0738 e. The van der Waals surface area contributed by atoms with Gasteiger partial charge in [-0.05, 0) is 24.7 Å². The molecule has 66 valence electrons. The molecule has 1 aromatic rings. The zero-order chi connectivity index (χ0) is 8.97. The molecule has 1 rings (SSSR count). The number of halogens is 2. The summed E-state index contributed by atoms with van der Waals surface area (Å²) >= 11 is 9.08. The molecular formula is C9H11BrClN. The zero-order valence-electron chi connectivity index (χ0n) is 6.93. The molecule has 0 N–H and O–H groups in total. The first-order chi connectivity index (χ1) is 5.72. The quantitative estimate of drug-likeness (QED) is 0.587. The molecule has 0 amide bonds. The van der Waals surface area contributed by atoms with Gasteiger partial charge in [0.25, 0.3) is 0 Å². The fourth-order valence-electron chi connectivity index (χ4n) is 0.989. The van der Waals surface area contributed by atoms with Crippen molar-refractivity contribution in [1.29, 1.82) is 0 Å². The summed E-state index contributed by atoms with van der Waals surface area (Å²) in [7, 11) is 1.99. The van der Waals surface area contributed by atoms with Gasteiger partial charge in [-0.15, -0.1) is 11.6 Å². The van der Waals surface area contributed by atoms with E-state index in [2.05, 4.69) is 28.1 Å². The van der Waals surface area contributed by atoms with Crippen LogP contribution in [-0.2, 0) is 6.54 Å². The van der Waals surface area contributed by atoms with Gasteiger partial charge >= 0.3 is 0 Å². The van der Waals surface area contributed by atoms with Crippen LogP contribution in [0.2, 0.25) is 0 Å². The molecule has 1 nitrogen and oxygen atoms in total. The molecule has 0 heterocycles. The second-order valence-electron chi connectivity index (χ2n) is 2.76. The third kappa shape index (κ3) is 3.13. The molecule has 0 atom stereocenters. The predicted octanol–water partition coefficient (Wildman–Crippen LogP) is 3.08. The molecule has 0 radical (unpaired) electrons. The van der Waals surface area contributed by atoms with Crippen LogP contribution in [0.15, 0.2) is 28.7 Å². The molecule has 0 saturated carbocycles. The van der Waals surface area contributed by atoms with Crippen molar-refractivity contribution < 1.29 is 0 Å². The molecule has 0 saturated heterocycles. The van der Waals surface area contributed by atoms with Gasteiger partial charge in [0.2, 0.25) is 0 Å². The van der Waals surface area contributed by atoms with Crippen molar-refractivity contribution in [2.24, 2.45) is 0 Å². The number of nitrogens with zero attached hydrogens (tertiary/aromatic N) is 1. The molecule has 0 bridgehead atoms. The highest BCUT2D eigenvalue weighted by atomic mass is 79.9. The molecule has 0 spiro atoms. The standard InChI is InChI=1S/C9H11BrClN/c1-12(7-11)6-8-3-2-4-9(10)5-8/h2-5H,6-7H2,1H3. The van der Waals surface area contributed by atoms with Crippen LogP contribution < -0.4 is 0 Å². The van der Waals surface area contributed by atoms with Crippen molar-refractivity contribution in [3.05, 3.63) is 34.3 Å². The molecule has 0 aliphatic rings. The van der Waals surface area contributed by atoms with Crippen LogP contribution in [0.5, 0.6) is 0 Å². The SMILES string of the molecule is CN(CCl)Cc1cccc(Br)c1. The van der Waals surface area contributed by atoms with E-state index in [1.54, 1.807) is 0 Å². The third-order valence-electron chi connectivity index (χ3n) is 1.55. The molecular weight excluding hydrogens is 237 g/mol.